The van der Waals surface area contributed by atoms with Crippen LogP contribution in [-0.2, 0) is 13.0 Å². The van der Waals surface area contributed by atoms with Gasteiger partial charge in [-0.2, -0.15) is 0 Å². The largest absolute Gasteiger partial charge is 0.478 e. The highest BCUT2D eigenvalue weighted by molar-refractivity contribution is 7.14. The van der Waals surface area contributed by atoms with Crippen LogP contribution in [0.3, 0.4) is 0 Å². The number of carboxylic acid groups (broad SMARTS) is 1. The molecule has 214 valence electrons. The Kier molecular flexibility index (Phi) is 11.0. The van der Waals surface area contributed by atoms with Crippen LogP contribution in [0.15, 0.2) is 60.7 Å². The molecule has 0 aliphatic carbocycles. The van der Waals surface area contributed by atoms with E-state index in [1.54, 1.807) is 23.5 Å². The second-order valence-corrected chi connectivity index (χ2v) is 12.7. The van der Waals surface area contributed by atoms with E-state index >= 15 is 0 Å². The number of amides is 1. The predicted molar refractivity (Wildman–Crippen MR) is 165 cm³/mol. The first-order valence-electron chi connectivity index (χ1n) is 14.9. The summed E-state index contributed by atoms with van der Waals surface area (Å²) in [7, 11) is 0. The molecule has 1 amide bonds. The standard InChI is InChI=1S/C34H44N2O3S/c1-4-5-6-7-31-16-17-32(40-31)33(37)36(30-19-22-35(23-20-30)21-18-25(2)3)24-26-8-10-27(11-9-26)28-12-14-29(15-13-28)34(38)39/h8-17,25,30H,4-7,18-24H2,1-3H3,(H,38,39). The van der Waals surface area contributed by atoms with Crippen molar-refractivity contribution in [1.82, 2.24) is 9.80 Å². The summed E-state index contributed by atoms with van der Waals surface area (Å²) >= 11 is 1.67. The van der Waals surface area contributed by atoms with E-state index in [-0.39, 0.29) is 17.5 Å². The average Bonchev–Trinajstić information content (AvgIpc) is 3.44. The fourth-order valence-corrected chi connectivity index (χ4v) is 6.39. The van der Waals surface area contributed by atoms with Gasteiger partial charge in [-0.3, -0.25) is 4.79 Å². The Labute approximate surface area is 243 Å². The Balaban J connectivity index is 1.48. The lowest BCUT2D eigenvalue weighted by Gasteiger charge is -2.38. The number of piperidine rings is 1. The molecule has 0 saturated carbocycles. The second-order valence-electron chi connectivity index (χ2n) is 11.5. The molecule has 1 N–H and O–H groups in total. The minimum absolute atomic E-state index is 0.153. The van der Waals surface area contributed by atoms with Gasteiger partial charge in [0.1, 0.15) is 0 Å². The van der Waals surface area contributed by atoms with Crippen molar-refractivity contribution in [2.75, 3.05) is 19.6 Å². The van der Waals surface area contributed by atoms with Crippen molar-refractivity contribution in [3.63, 3.8) is 0 Å². The summed E-state index contributed by atoms with van der Waals surface area (Å²) in [5.74, 6) is -0.0591. The van der Waals surface area contributed by atoms with Gasteiger partial charge in [0, 0.05) is 30.6 Å². The van der Waals surface area contributed by atoms with Crippen LogP contribution in [0.4, 0.5) is 0 Å². The number of hydrogen-bond donors (Lipinski definition) is 1. The number of benzene rings is 2. The molecule has 5 nitrogen and oxygen atoms in total. The van der Waals surface area contributed by atoms with E-state index in [0.717, 1.165) is 60.5 Å². The Morgan fingerprint density at radius 1 is 0.950 bits per heavy atom. The fourth-order valence-electron chi connectivity index (χ4n) is 5.38. The topological polar surface area (TPSA) is 60.9 Å². The van der Waals surface area contributed by atoms with Crippen molar-refractivity contribution in [2.24, 2.45) is 5.92 Å². The molecular weight excluding hydrogens is 516 g/mol. The number of aromatic carboxylic acids is 1. The number of hydrogen-bond acceptors (Lipinski definition) is 4. The molecule has 6 heteroatoms. The van der Waals surface area contributed by atoms with Crippen LogP contribution in [-0.4, -0.2) is 52.5 Å². The lowest BCUT2D eigenvalue weighted by molar-refractivity contribution is 0.0550. The fraction of sp³-hybridized carbons (Fsp3) is 0.471. The zero-order chi connectivity index (χ0) is 28.5. The lowest BCUT2D eigenvalue weighted by atomic mass is 9.99. The van der Waals surface area contributed by atoms with Crippen molar-refractivity contribution in [3.8, 4) is 11.1 Å². The van der Waals surface area contributed by atoms with E-state index < -0.39 is 5.97 Å². The molecule has 0 unspecified atom stereocenters. The van der Waals surface area contributed by atoms with Gasteiger partial charge >= 0.3 is 5.97 Å². The van der Waals surface area contributed by atoms with Crippen LogP contribution in [0, 0.1) is 5.92 Å². The average molecular weight is 561 g/mol. The Morgan fingerprint density at radius 3 is 2.20 bits per heavy atom. The number of carbonyl (C=O) groups excluding carboxylic acids is 1. The quantitative estimate of drug-likeness (QED) is 0.215. The molecule has 1 aromatic heterocycles. The molecule has 2 aromatic carbocycles. The number of carboxylic acids is 1. The molecule has 0 radical (unpaired) electrons. The van der Waals surface area contributed by atoms with Crippen molar-refractivity contribution in [1.29, 1.82) is 0 Å². The summed E-state index contributed by atoms with van der Waals surface area (Å²) in [5.41, 5.74) is 3.41. The van der Waals surface area contributed by atoms with E-state index in [1.807, 2.05) is 18.2 Å². The van der Waals surface area contributed by atoms with Crippen molar-refractivity contribution in [3.05, 3.63) is 81.5 Å². The van der Waals surface area contributed by atoms with Crippen LogP contribution < -0.4 is 0 Å². The summed E-state index contributed by atoms with van der Waals surface area (Å²) in [6.07, 6.45) is 7.88. The molecule has 4 rings (SSSR count). The summed E-state index contributed by atoms with van der Waals surface area (Å²) in [6.45, 7) is 10.6. The number of unbranched alkanes of at least 4 members (excludes halogenated alkanes) is 2. The van der Waals surface area contributed by atoms with Crippen molar-refractivity contribution < 1.29 is 14.7 Å². The Bertz CT molecular complexity index is 1220. The van der Waals surface area contributed by atoms with E-state index in [2.05, 4.69) is 60.9 Å². The normalized spacial score (nSPS) is 14.5. The van der Waals surface area contributed by atoms with Gasteiger partial charge in [0.25, 0.3) is 5.91 Å². The molecule has 2 heterocycles. The molecule has 1 aliphatic heterocycles. The van der Waals surface area contributed by atoms with Crippen molar-refractivity contribution in [2.45, 2.75) is 78.3 Å². The first kappa shape index (κ1) is 30.0. The number of carbonyl (C=O) groups is 2. The van der Waals surface area contributed by atoms with E-state index in [4.69, 9.17) is 0 Å². The highest BCUT2D eigenvalue weighted by Crippen LogP contribution is 2.27. The maximum atomic E-state index is 13.9. The van der Waals surface area contributed by atoms with Gasteiger partial charge in [0.15, 0.2) is 0 Å². The van der Waals surface area contributed by atoms with Gasteiger partial charge in [-0.05, 0) is 85.5 Å². The van der Waals surface area contributed by atoms with E-state index in [9.17, 15) is 14.7 Å². The first-order valence-corrected chi connectivity index (χ1v) is 15.7. The zero-order valence-electron chi connectivity index (χ0n) is 24.3. The van der Waals surface area contributed by atoms with Crippen LogP contribution in [0.25, 0.3) is 11.1 Å². The summed E-state index contributed by atoms with van der Waals surface area (Å²) < 4.78 is 0. The minimum Gasteiger partial charge on any atom is -0.478 e. The van der Waals surface area contributed by atoms with Gasteiger partial charge in [-0.25, -0.2) is 4.79 Å². The number of rotatable bonds is 13. The third kappa shape index (κ3) is 8.28. The molecule has 1 aliphatic rings. The Morgan fingerprint density at radius 2 is 1.60 bits per heavy atom. The second kappa shape index (κ2) is 14.6. The molecule has 0 atom stereocenters. The zero-order valence-corrected chi connectivity index (χ0v) is 25.1. The summed E-state index contributed by atoms with van der Waals surface area (Å²) in [4.78, 5) is 32.0. The monoisotopic (exact) mass is 560 g/mol. The maximum absolute atomic E-state index is 13.9. The van der Waals surface area contributed by atoms with Crippen LogP contribution in [0.5, 0.6) is 0 Å². The number of aryl methyl sites for hydroxylation is 1. The highest BCUT2D eigenvalue weighted by atomic mass is 32.1. The van der Waals surface area contributed by atoms with Gasteiger partial charge in [-0.15, -0.1) is 11.3 Å². The number of likely N-dealkylation sites (tertiary alicyclic amines) is 1. The molecule has 1 fully saturated rings. The minimum atomic E-state index is -0.920. The Hall–Kier alpha value is -2.96. The molecule has 0 bridgehead atoms. The maximum Gasteiger partial charge on any atom is 0.335 e. The van der Waals surface area contributed by atoms with Crippen LogP contribution in [0.1, 0.15) is 89.8 Å². The number of thiophene rings is 1. The molecule has 3 aromatic rings. The summed E-state index contributed by atoms with van der Waals surface area (Å²) in [6, 6.07) is 19.7. The van der Waals surface area contributed by atoms with E-state index in [0.29, 0.717) is 12.5 Å². The van der Waals surface area contributed by atoms with Gasteiger partial charge in [-0.1, -0.05) is 70.0 Å². The van der Waals surface area contributed by atoms with Gasteiger partial charge in [0.2, 0.25) is 0 Å². The predicted octanol–water partition coefficient (Wildman–Crippen LogP) is 8.00. The van der Waals surface area contributed by atoms with Crippen LogP contribution in [0.2, 0.25) is 0 Å². The third-order valence-electron chi connectivity index (χ3n) is 7.95. The molecular formula is C34H44N2O3S. The SMILES string of the molecule is CCCCCc1ccc(C(=O)N(Cc2ccc(-c3ccc(C(=O)O)cc3)cc2)C2CCN(CCC(C)C)CC2)s1. The first-order chi connectivity index (χ1) is 19.3. The van der Waals surface area contributed by atoms with Gasteiger partial charge in [0.05, 0.1) is 10.4 Å². The summed E-state index contributed by atoms with van der Waals surface area (Å²) in [5, 5.41) is 9.18. The smallest absolute Gasteiger partial charge is 0.335 e. The lowest BCUT2D eigenvalue weighted by Crippen LogP contribution is -2.47. The highest BCUT2D eigenvalue weighted by Gasteiger charge is 2.29. The number of nitrogens with zero attached hydrogens (tertiary/aromatic N) is 2. The van der Waals surface area contributed by atoms with Gasteiger partial charge < -0.3 is 14.9 Å². The molecule has 0 spiro atoms. The molecule has 1 saturated heterocycles. The van der Waals surface area contributed by atoms with E-state index in [1.165, 1.54) is 30.6 Å². The third-order valence-corrected chi connectivity index (χ3v) is 9.09. The molecule has 40 heavy (non-hydrogen) atoms. The van der Waals surface area contributed by atoms with Crippen LogP contribution >= 0.6 is 11.3 Å². The van der Waals surface area contributed by atoms with Crippen molar-refractivity contribution >= 4 is 23.2 Å².